The van der Waals surface area contributed by atoms with Crippen LogP contribution in [-0.4, -0.2) is 11.9 Å². The van der Waals surface area contributed by atoms with Gasteiger partial charge in [-0.25, -0.2) is 0 Å². The maximum atomic E-state index is 5.78. The molecule has 2 rings (SSSR count). The van der Waals surface area contributed by atoms with Crippen LogP contribution in [0, 0.1) is 6.92 Å². The summed E-state index contributed by atoms with van der Waals surface area (Å²) >= 11 is 1.83. The van der Waals surface area contributed by atoms with Gasteiger partial charge in [0.1, 0.15) is 0 Å². The predicted molar refractivity (Wildman–Crippen MR) is 82.3 cm³/mol. The van der Waals surface area contributed by atoms with E-state index in [9.17, 15) is 0 Å². The third-order valence-corrected chi connectivity index (χ3v) is 3.79. The Labute approximate surface area is 119 Å². The second kappa shape index (κ2) is 6.78. The van der Waals surface area contributed by atoms with Crippen molar-refractivity contribution in [3.63, 3.8) is 0 Å². The Kier molecular flexibility index (Phi) is 5.66. The van der Waals surface area contributed by atoms with Gasteiger partial charge in [0.05, 0.1) is 0 Å². The van der Waals surface area contributed by atoms with E-state index in [0.717, 1.165) is 18.8 Å². The van der Waals surface area contributed by atoms with E-state index >= 15 is 0 Å². The molecule has 0 unspecified atom stereocenters. The fourth-order valence-electron chi connectivity index (χ4n) is 1.87. The lowest BCUT2D eigenvalue weighted by Crippen LogP contribution is -2.17. The van der Waals surface area contributed by atoms with Crippen LogP contribution in [0.4, 0.5) is 5.69 Å². The Morgan fingerprint density at radius 3 is 2.61 bits per heavy atom. The van der Waals surface area contributed by atoms with Crippen LogP contribution < -0.4 is 5.73 Å². The normalized spacial score (nSPS) is 10.4. The number of anilines is 1. The third kappa shape index (κ3) is 4.02. The largest absolute Gasteiger partial charge is 0.399 e. The van der Waals surface area contributed by atoms with Gasteiger partial charge in [-0.15, -0.1) is 23.7 Å². The number of thiophene rings is 1. The Morgan fingerprint density at radius 2 is 2.00 bits per heavy atom. The third-order valence-electron chi connectivity index (χ3n) is 2.79. The van der Waals surface area contributed by atoms with E-state index in [0.29, 0.717) is 0 Å². The molecule has 1 heterocycles. The number of halogens is 1. The first-order valence-electron chi connectivity index (χ1n) is 5.71. The molecule has 0 aliphatic rings. The number of hydrogen-bond acceptors (Lipinski definition) is 3. The molecule has 0 saturated heterocycles. The zero-order valence-corrected chi connectivity index (χ0v) is 12.4. The molecule has 0 atom stereocenters. The summed E-state index contributed by atoms with van der Waals surface area (Å²) in [4.78, 5) is 3.75. The van der Waals surface area contributed by atoms with E-state index in [2.05, 4.69) is 36.4 Å². The number of nitrogens with zero attached hydrogens (tertiary/aromatic N) is 1. The van der Waals surface area contributed by atoms with Crippen molar-refractivity contribution >= 4 is 29.4 Å². The molecule has 0 fully saturated rings. The van der Waals surface area contributed by atoms with Crippen molar-refractivity contribution in [2.75, 3.05) is 12.8 Å². The summed E-state index contributed by atoms with van der Waals surface area (Å²) < 4.78 is 0. The lowest BCUT2D eigenvalue weighted by Gasteiger charge is -2.16. The molecule has 2 aromatic rings. The molecule has 0 amide bonds. The van der Waals surface area contributed by atoms with Crippen molar-refractivity contribution < 1.29 is 0 Å². The van der Waals surface area contributed by atoms with Crippen molar-refractivity contribution in [3.05, 3.63) is 51.7 Å². The summed E-state index contributed by atoms with van der Waals surface area (Å²) in [5.74, 6) is 0. The summed E-state index contributed by atoms with van der Waals surface area (Å²) in [5.41, 5.74) is 9.26. The van der Waals surface area contributed by atoms with E-state index in [1.807, 2.05) is 29.5 Å². The highest BCUT2D eigenvalue weighted by atomic mass is 35.5. The first-order chi connectivity index (χ1) is 8.15. The van der Waals surface area contributed by atoms with Crippen LogP contribution in [-0.2, 0) is 13.1 Å². The highest BCUT2D eigenvalue weighted by molar-refractivity contribution is 7.10. The van der Waals surface area contributed by atoms with Crippen LogP contribution in [0.15, 0.2) is 35.7 Å². The summed E-state index contributed by atoms with van der Waals surface area (Å²) in [6.45, 7) is 4.10. The molecular formula is C14H19ClN2S. The molecule has 2 N–H and O–H groups in total. The summed E-state index contributed by atoms with van der Waals surface area (Å²) in [5, 5.41) is 2.15. The monoisotopic (exact) mass is 282 g/mol. The molecule has 2 nitrogen and oxygen atoms in total. The minimum Gasteiger partial charge on any atom is -0.399 e. The quantitative estimate of drug-likeness (QED) is 0.867. The molecule has 0 radical (unpaired) electrons. The molecule has 0 saturated carbocycles. The van der Waals surface area contributed by atoms with Crippen LogP contribution >= 0.6 is 23.7 Å². The molecule has 0 aliphatic carbocycles. The lowest BCUT2D eigenvalue weighted by atomic mass is 10.2. The number of aryl methyl sites for hydroxylation is 1. The van der Waals surface area contributed by atoms with Gasteiger partial charge in [-0.2, -0.15) is 0 Å². The molecule has 1 aromatic carbocycles. The van der Waals surface area contributed by atoms with Crippen molar-refractivity contribution in [1.29, 1.82) is 0 Å². The molecule has 0 bridgehead atoms. The molecule has 98 valence electrons. The highest BCUT2D eigenvalue weighted by Gasteiger charge is 2.05. The van der Waals surface area contributed by atoms with E-state index in [4.69, 9.17) is 5.73 Å². The smallest absolute Gasteiger partial charge is 0.0331 e. The van der Waals surface area contributed by atoms with E-state index in [-0.39, 0.29) is 12.4 Å². The van der Waals surface area contributed by atoms with Crippen LogP contribution in [0.25, 0.3) is 0 Å². The molecule has 4 heteroatoms. The Balaban J connectivity index is 0.00000162. The van der Waals surface area contributed by atoms with Crippen molar-refractivity contribution in [3.8, 4) is 0 Å². The Bertz CT molecular complexity index is 496. The van der Waals surface area contributed by atoms with Gasteiger partial charge in [-0.3, -0.25) is 4.90 Å². The fourth-order valence-corrected chi connectivity index (χ4v) is 2.86. The van der Waals surface area contributed by atoms with E-state index in [1.165, 1.54) is 16.0 Å². The second-order valence-corrected chi connectivity index (χ2v) is 5.44. The van der Waals surface area contributed by atoms with Crippen molar-refractivity contribution in [2.45, 2.75) is 20.0 Å². The standard InChI is InChI=1S/C14H18N2S.ClH/c1-11-6-7-17-14(11)10-16(2)9-12-4-3-5-13(15)8-12;/h3-8H,9-10,15H2,1-2H3;1H. The van der Waals surface area contributed by atoms with E-state index < -0.39 is 0 Å². The highest BCUT2D eigenvalue weighted by Crippen LogP contribution is 2.18. The Hall–Kier alpha value is -1.03. The van der Waals surface area contributed by atoms with Gasteiger partial charge in [0, 0.05) is 23.7 Å². The average molecular weight is 283 g/mol. The molecule has 0 aliphatic heterocycles. The van der Waals surface area contributed by atoms with Crippen molar-refractivity contribution in [1.82, 2.24) is 4.90 Å². The maximum Gasteiger partial charge on any atom is 0.0331 e. The van der Waals surface area contributed by atoms with Gasteiger partial charge in [0.25, 0.3) is 0 Å². The minimum absolute atomic E-state index is 0. The molecule has 0 spiro atoms. The van der Waals surface area contributed by atoms with Crippen LogP contribution in [0.3, 0.4) is 0 Å². The topological polar surface area (TPSA) is 29.3 Å². The van der Waals surface area contributed by atoms with Gasteiger partial charge in [0.2, 0.25) is 0 Å². The van der Waals surface area contributed by atoms with Gasteiger partial charge in [-0.05, 0) is 48.7 Å². The van der Waals surface area contributed by atoms with Crippen molar-refractivity contribution in [2.24, 2.45) is 0 Å². The van der Waals surface area contributed by atoms with Gasteiger partial charge in [-0.1, -0.05) is 12.1 Å². The predicted octanol–water partition coefficient (Wildman–Crippen LogP) is 3.69. The minimum atomic E-state index is 0. The second-order valence-electron chi connectivity index (χ2n) is 4.44. The average Bonchev–Trinajstić information content (AvgIpc) is 2.64. The molecule has 1 aromatic heterocycles. The van der Waals surface area contributed by atoms with Gasteiger partial charge in [0.15, 0.2) is 0 Å². The molecule has 18 heavy (non-hydrogen) atoms. The van der Waals surface area contributed by atoms with Gasteiger partial charge >= 0.3 is 0 Å². The number of hydrogen-bond donors (Lipinski definition) is 1. The zero-order valence-electron chi connectivity index (χ0n) is 10.7. The SMILES string of the molecule is Cc1ccsc1CN(C)Cc1cccc(N)c1.Cl. The summed E-state index contributed by atoms with van der Waals surface area (Å²) in [7, 11) is 2.14. The van der Waals surface area contributed by atoms with Gasteiger partial charge < -0.3 is 5.73 Å². The lowest BCUT2D eigenvalue weighted by molar-refractivity contribution is 0.321. The fraction of sp³-hybridized carbons (Fsp3) is 0.286. The first kappa shape index (κ1) is 15.0. The number of benzene rings is 1. The van der Waals surface area contributed by atoms with Crippen LogP contribution in [0.5, 0.6) is 0 Å². The van der Waals surface area contributed by atoms with Crippen LogP contribution in [0.1, 0.15) is 16.0 Å². The Morgan fingerprint density at radius 1 is 1.22 bits per heavy atom. The summed E-state index contributed by atoms with van der Waals surface area (Å²) in [6, 6.07) is 10.3. The maximum absolute atomic E-state index is 5.78. The number of rotatable bonds is 4. The zero-order chi connectivity index (χ0) is 12.3. The van der Waals surface area contributed by atoms with Crippen LogP contribution in [0.2, 0.25) is 0 Å². The molecular weight excluding hydrogens is 264 g/mol. The number of nitrogen functional groups attached to an aromatic ring is 1. The number of nitrogens with two attached hydrogens (primary N) is 1. The van der Waals surface area contributed by atoms with E-state index in [1.54, 1.807) is 0 Å². The first-order valence-corrected chi connectivity index (χ1v) is 6.59. The summed E-state index contributed by atoms with van der Waals surface area (Å²) in [6.07, 6.45) is 0.